The molecule has 0 aliphatic carbocycles. The Morgan fingerprint density at radius 1 is 1.35 bits per heavy atom. The van der Waals surface area contributed by atoms with Gasteiger partial charge < -0.3 is 10.2 Å². The van der Waals surface area contributed by atoms with Gasteiger partial charge in [-0.15, -0.1) is 0 Å². The van der Waals surface area contributed by atoms with Crippen LogP contribution in [0.25, 0.3) is 0 Å². The number of carbonyl (C=O) groups is 1. The van der Waals surface area contributed by atoms with E-state index in [0.29, 0.717) is 0 Å². The summed E-state index contributed by atoms with van der Waals surface area (Å²) >= 11 is 0. The average Bonchev–Trinajstić information content (AvgIpc) is 2.85. The number of aromatic nitrogens is 2. The van der Waals surface area contributed by atoms with E-state index in [2.05, 4.69) is 15.3 Å². The van der Waals surface area contributed by atoms with Gasteiger partial charge in [0.05, 0.1) is 17.4 Å². The highest BCUT2D eigenvalue weighted by Crippen LogP contribution is 2.43. The number of hydrogen-bond acceptors (Lipinski definition) is 3. The third kappa shape index (κ3) is 2.34. The minimum Gasteiger partial charge on any atom is -0.314 e. The van der Waals surface area contributed by atoms with Gasteiger partial charge in [-0.05, 0) is 31.9 Å². The Morgan fingerprint density at radius 3 is 3.00 bits per heavy atom. The van der Waals surface area contributed by atoms with Gasteiger partial charge in [0.15, 0.2) is 0 Å². The molecular weight excluding hydrogens is 295 g/mol. The van der Waals surface area contributed by atoms with E-state index in [1.807, 2.05) is 18.0 Å². The lowest BCUT2D eigenvalue weighted by Crippen LogP contribution is -2.44. The van der Waals surface area contributed by atoms with E-state index in [4.69, 9.17) is 0 Å². The van der Waals surface area contributed by atoms with E-state index in [-0.39, 0.29) is 23.8 Å². The molecule has 2 bridgehead atoms. The zero-order valence-electron chi connectivity index (χ0n) is 12.8. The van der Waals surface area contributed by atoms with Crippen LogP contribution in [0.2, 0.25) is 0 Å². The first-order valence-electron chi connectivity index (χ1n) is 7.80. The number of benzene rings is 1. The number of nitrogens with one attached hydrogen (secondary N) is 1. The second-order valence-electron chi connectivity index (χ2n) is 6.09. The van der Waals surface area contributed by atoms with Crippen molar-refractivity contribution in [3.8, 4) is 0 Å². The van der Waals surface area contributed by atoms with Crippen LogP contribution < -0.4 is 5.32 Å². The first-order chi connectivity index (χ1) is 11.1. The summed E-state index contributed by atoms with van der Waals surface area (Å²) in [4.78, 5) is 23.3. The summed E-state index contributed by atoms with van der Waals surface area (Å²) in [6, 6.07) is 6.06. The van der Waals surface area contributed by atoms with Crippen LogP contribution in [0.5, 0.6) is 0 Å². The number of anilines is 1. The maximum Gasteiger partial charge on any atom is 0.322 e. The lowest BCUT2D eigenvalue weighted by Gasteiger charge is -2.35. The van der Waals surface area contributed by atoms with E-state index in [1.165, 1.54) is 6.07 Å². The molecule has 2 amide bonds. The molecule has 1 aromatic heterocycles. The Balaban J connectivity index is 1.62. The van der Waals surface area contributed by atoms with Gasteiger partial charge in [0.2, 0.25) is 0 Å². The molecule has 0 saturated carbocycles. The summed E-state index contributed by atoms with van der Waals surface area (Å²) in [5.74, 6) is 0.331. The highest BCUT2D eigenvalue weighted by molar-refractivity contribution is 5.90. The lowest BCUT2D eigenvalue weighted by molar-refractivity contribution is 0.178. The van der Waals surface area contributed by atoms with Crippen molar-refractivity contribution in [1.29, 1.82) is 0 Å². The minimum absolute atomic E-state index is 0.0175. The van der Waals surface area contributed by atoms with Crippen LogP contribution in [-0.2, 0) is 6.42 Å². The number of rotatable bonds is 1. The van der Waals surface area contributed by atoms with Gasteiger partial charge >= 0.3 is 6.03 Å². The van der Waals surface area contributed by atoms with Crippen molar-refractivity contribution in [2.45, 2.75) is 38.3 Å². The van der Waals surface area contributed by atoms with Crippen molar-refractivity contribution >= 4 is 11.7 Å². The fraction of sp³-hybridized carbons (Fsp3) is 0.353. The van der Waals surface area contributed by atoms with Crippen molar-refractivity contribution < 1.29 is 9.18 Å². The first kappa shape index (κ1) is 14.1. The van der Waals surface area contributed by atoms with E-state index < -0.39 is 5.82 Å². The monoisotopic (exact) mass is 312 g/mol. The summed E-state index contributed by atoms with van der Waals surface area (Å²) in [5, 5.41) is 2.69. The molecule has 2 aliphatic heterocycles. The number of para-hydroxylation sites is 1. The molecule has 5 nitrogen and oxygen atoms in total. The number of nitrogens with zero attached hydrogens (tertiary/aromatic N) is 3. The zero-order chi connectivity index (χ0) is 16.0. The molecule has 2 aromatic rings. The normalized spacial score (nSPS) is 21.9. The van der Waals surface area contributed by atoms with Gasteiger partial charge in [0, 0.05) is 24.2 Å². The van der Waals surface area contributed by atoms with Crippen LogP contribution in [-0.4, -0.2) is 26.9 Å². The molecular formula is C17H17FN4O. The average molecular weight is 312 g/mol. The van der Waals surface area contributed by atoms with Crippen LogP contribution in [0, 0.1) is 12.7 Å². The summed E-state index contributed by atoms with van der Waals surface area (Å²) in [7, 11) is 0. The minimum atomic E-state index is -0.426. The van der Waals surface area contributed by atoms with Gasteiger partial charge in [-0.25, -0.2) is 19.2 Å². The number of aryl methyl sites for hydroxylation is 1. The molecule has 2 aliphatic rings. The number of fused-ring (bicyclic) bond motifs is 4. The predicted octanol–water partition coefficient (Wildman–Crippen LogP) is 3.22. The second-order valence-corrected chi connectivity index (χ2v) is 6.09. The fourth-order valence-corrected chi connectivity index (χ4v) is 3.63. The van der Waals surface area contributed by atoms with Gasteiger partial charge in [-0.3, -0.25) is 0 Å². The number of carbonyl (C=O) groups excluding carboxylic acids is 1. The lowest BCUT2D eigenvalue weighted by atomic mass is 9.99. The molecule has 0 unspecified atom stereocenters. The van der Waals surface area contributed by atoms with Crippen molar-refractivity contribution in [3.63, 3.8) is 0 Å². The van der Waals surface area contributed by atoms with Gasteiger partial charge in [0.25, 0.3) is 0 Å². The first-order valence-corrected chi connectivity index (χ1v) is 7.80. The maximum absolute atomic E-state index is 13.8. The Hall–Kier alpha value is -2.50. The highest BCUT2D eigenvalue weighted by Gasteiger charge is 2.43. The molecule has 1 aromatic carbocycles. The standard InChI is InChI=1S/C17H17FN4O/c1-10-19-9-12-15(20-10)8-11-6-7-16(12)22(11)17(23)21-14-5-3-2-4-13(14)18/h2-5,9,11,16H,6-8H2,1H3,(H,21,23)/t11-,16+/m0/s1. The summed E-state index contributed by atoms with van der Waals surface area (Å²) in [5.41, 5.74) is 2.27. The van der Waals surface area contributed by atoms with Crippen molar-refractivity contribution in [3.05, 3.63) is 53.4 Å². The van der Waals surface area contributed by atoms with Crippen molar-refractivity contribution in [2.24, 2.45) is 0 Å². The van der Waals surface area contributed by atoms with Crippen LogP contribution in [0.4, 0.5) is 14.9 Å². The molecule has 0 radical (unpaired) electrons. The fourth-order valence-electron chi connectivity index (χ4n) is 3.63. The zero-order valence-corrected chi connectivity index (χ0v) is 12.8. The van der Waals surface area contributed by atoms with E-state index >= 15 is 0 Å². The highest BCUT2D eigenvalue weighted by atomic mass is 19.1. The molecule has 1 saturated heterocycles. The van der Waals surface area contributed by atoms with E-state index in [1.54, 1.807) is 18.2 Å². The third-order valence-corrected chi connectivity index (χ3v) is 4.66. The maximum atomic E-state index is 13.8. The number of hydrogen-bond donors (Lipinski definition) is 1. The Bertz CT molecular complexity index is 779. The predicted molar refractivity (Wildman–Crippen MR) is 83.5 cm³/mol. The Morgan fingerprint density at radius 2 is 2.17 bits per heavy atom. The SMILES string of the molecule is Cc1ncc2c(n1)C[C@@H]1CC[C@H]2N1C(=O)Nc1ccccc1F. The van der Waals surface area contributed by atoms with E-state index in [9.17, 15) is 9.18 Å². The van der Waals surface area contributed by atoms with Gasteiger partial charge in [-0.2, -0.15) is 0 Å². The molecule has 3 heterocycles. The van der Waals surface area contributed by atoms with Gasteiger partial charge in [0.1, 0.15) is 11.6 Å². The Labute approximate surface area is 133 Å². The van der Waals surface area contributed by atoms with Crippen molar-refractivity contribution in [1.82, 2.24) is 14.9 Å². The second kappa shape index (κ2) is 5.30. The summed E-state index contributed by atoms with van der Waals surface area (Å²) in [6.07, 6.45) is 4.40. The van der Waals surface area contributed by atoms with Crippen molar-refractivity contribution in [2.75, 3.05) is 5.32 Å². The number of urea groups is 1. The smallest absolute Gasteiger partial charge is 0.314 e. The van der Waals surface area contributed by atoms with Crippen LogP contribution in [0.3, 0.4) is 0 Å². The molecule has 4 rings (SSSR count). The largest absolute Gasteiger partial charge is 0.322 e. The molecule has 118 valence electrons. The Kier molecular flexibility index (Phi) is 3.25. The van der Waals surface area contributed by atoms with Crippen LogP contribution >= 0.6 is 0 Å². The molecule has 6 heteroatoms. The number of halogens is 1. The topological polar surface area (TPSA) is 58.1 Å². The third-order valence-electron chi connectivity index (χ3n) is 4.66. The van der Waals surface area contributed by atoms with Crippen LogP contribution in [0.15, 0.2) is 30.5 Å². The summed E-state index contributed by atoms with van der Waals surface area (Å²) < 4.78 is 13.8. The van der Waals surface area contributed by atoms with Gasteiger partial charge in [-0.1, -0.05) is 12.1 Å². The summed E-state index contributed by atoms with van der Waals surface area (Å²) in [6.45, 7) is 1.87. The number of amides is 2. The molecule has 0 spiro atoms. The molecule has 1 fully saturated rings. The molecule has 1 N–H and O–H groups in total. The molecule has 2 atom stereocenters. The van der Waals surface area contributed by atoms with E-state index in [0.717, 1.165) is 36.3 Å². The van der Waals surface area contributed by atoms with Crippen LogP contribution in [0.1, 0.15) is 36.0 Å². The quantitative estimate of drug-likeness (QED) is 0.879. The molecule has 23 heavy (non-hydrogen) atoms.